The summed E-state index contributed by atoms with van der Waals surface area (Å²) in [6, 6.07) is 5.83. The fourth-order valence-electron chi connectivity index (χ4n) is 1.71. The van der Waals surface area contributed by atoms with E-state index in [-0.39, 0.29) is 16.9 Å². The van der Waals surface area contributed by atoms with Crippen LogP contribution in [-0.2, 0) is 0 Å². The minimum absolute atomic E-state index is 0.0569. The Balaban J connectivity index is 2.40. The molecule has 0 saturated carbocycles. The predicted octanol–water partition coefficient (Wildman–Crippen LogP) is 2.29. The molecule has 2 rings (SSSR count). The molecule has 1 amide bonds. The van der Waals surface area contributed by atoms with Gasteiger partial charge in [-0.1, -0.05) is 6.07 Å². The van der Waals surface area contributed by atoms with Crippen LogP contribution in [0.3, 0.4) is 0 Å². The second-order valence-electron chi connectivity index (χ2n) is 3.91. The number of para-hydroxylation sites is 1. The molecule has 0 spiro atoms. The number of carbonyl (C=O) groups excluding carboxylic acids is 1. The Morgan fingerprint density at radius 3 is 2.71 bits per heavy atom. The third-order valence-electron chi connectivity index (χ3n) is 2.64. The number of rotatable bonds is 4. The number of nitrogens with one attached hydrogen (secondary N) is 2. The van der Waals surface area contributed by atoms with Gasteiger partial charge < -0.3 is 10.7 Å². The highest BCUT2D eigenvalue weighted by atomic mass is 79.9. The molecule has 1 aromatic heterocycles. The topological polar surface area (TPSA) is 123 Å². The number of pyridine rings is 1. The average Bonchev–Trinajstić information content (AvgIpc) is 2.48. The largest absolute Gasteiger partial charge is 0.321 e. The number of benzene rings is 1. The maximum atomic E-state index is 12.2. The number of hydrazine groups is 1. The molecule has 0 aliphatic rings. The van der Waals surface area contributed by atoms with Gasteiger partial charge in [0.25, 0.3) is 5.91 Å². The molecule has 0 unspecified atom stereocenters. The Hall–Kier alpha value is -2.52. The summed E-state index contributed by atoms with van der Waals surface area (Å²) in [5.74, 6) is 4.61. The summed E-state index contributed by atoms with van der Waals surface area (Å²) in [7, 11) is 0. The van der Waals surface area contributed by atoms with Crippen LogP contribution in [-0.4, -0.2) is 15.8 Å². The molecule has 108 valence electrons. The normalized spacial score (nSPS) is 10.0. The fourth-order valence-corrected chi connectivity index (χ4v) is 2.06. The molecule has 0 radical (unpaired) electrons. The monoisotopic (exact) mass is 351 g/mol. The summed E-state index contributed by atoms with van der Waals surface area (Å²) >= 11 is 3.23. The number of nitrogen functional groups attached to an aromatic ring is 1. The molecule has 0 atom stereocenters. The zero-order chi connectivity index (χ0) is 15.4. The number of nitro benzene ring substituents is 1. The number of anilines is 2. The SMILES string of the molecule is NNc1cccc(C(=O)Nc2ccncc2Br)c1[N+](=O)[O-]. The maximum absolute atomic E-state index is 12.2. The standard InChI is InChI=1S/C12H10BrN5O3/c13-8-6-15-5-4-9(8)16-12(19)7-2-1-3-10(17-14)11(7)18(20)21/h1-6,17H,14H2,(H,15,16,19). The molecule has 0 fully saturated rings. The number of halogens is 1. The lowest BCUT2D eigenvalue weighted by molar-refractivity contribution is -0.384. The third-order valence-corrected chi connectivity index (χ3v) is 3.27. The Morgan fingerprint density at radius 1 is 1.33 bits per heavy atom. The van der Waals surface area contributed by atoms with Gasteiger partial charge in [0.05, 0.1) is 15.1 Å². The van der Waals surface area contributed by atoms with Gasteiger partial charge in [-0.3, -0.25) is 25.7 Å². The number of nitrogens with zero attached hydrogens (tertiary/aromatic N) is 2. The summed E-state index contributed by atoms with van der Waals surface area (Å²) in [6.07, 6.45) is 2.99. The van der Waals surface area contributed by atoms with Gasteiger partial charge in [-0.2, -0.15) is 0 Å². The van der Waals surface area contributed by atoms with E-state index in [0.29, 0.717) is 10.2 Å². The molecular weight excluding hydrogens is 342 g/mol. The molecule has 2 aromatic rings. The van der Waals surface area contributed by atoms with Gasteiger partial charge >= 0.3 is 5.69 Å². The molecule has 0 saturated heterocycles. The number of nitrogens with two attached hydrogens (primary N) is 1. The number of carbonyl (C=O) groups is 1. The van der Waals surface area contributed by atoms with Gasteiger partial charge in [-0.15, -0.1) is 0 Å². The second-order valence-corrected chi connectivity index (χ2v) is 4.77. The molecule has 0 aliphatic carbocycles. The van der Waals surface area contributed by atoms with Crippen molar-refractivity contribution < 1.29 is 9.72 Å². The number of hydrogen-bond acceptors (Lipinski definition) is 6. The number of hydrogen-bond donors (Lipinski definition) is 3. The first-order valence-electron chi connectivity index (χ1n) is 5.69. The van der Waals surface area contributed by atoms with Crippen molar-refractivity contribution in [2.24, 2.45) is 5.84 Å². The average molecular weight is 352 g/mol. The molecule has 9 heteroatoms. The summed E-state index contributed by atoms with van der Waals surface area (Å²) in [6.45, 7) is 0. The van der Waals surface area contributed by atoms with E-state index >= 15 is 0 Å². The van der Waals surface area contributed by atoms with Crippen molar-refractivity contribution in [1.29, 1.82) is 0 Å². The van der Waals surface area contributed by atoms with Gasteiger partial charge in [-0.25, -0.2) is 0 Å². The summed E-state index contributed by atoms with van der Waals surface area (Å²) in [5.41, 5.74) is 2.23. The third kappa shape index (κ3) is 3.15. The molecule has 0 bridgehead atoms. The Kier molecular flexibility index (Phi) is 4.45. The molecular formula is C12H10BrN5O3. The smallest absolute Gasteiger partial charge is 0.306 e. The van der Waals surface area contributed by atoms with Crippen LogP contribution in [0.5, 0.6) is 0 Å². The Morgan fingerprint density at radius 2 is 2.10 bits per heavy atom. The van der Waals surface area contributed by atoms with E-state index in [9.17, 15) is 14.9 Å². The molecule has 1 aromatic carbocycles. The van der Waals surface area contributed by atoms with Crippen molar-refractivity contribution in [3.8, 4) is 0 Å². The Bertz CT molecular complexity index is 707. The fraction of sp³-hybridized carbons (Fsp3) is 0. The van der Waals surface area contributed by atoms with Crippen LogP contribution >= 0.6 is 15.9 Å². The summed E-state index contributed by atoms with van der Waals surface area (Å²) in [4.78, 5) is 26.6. The van der Waals surface area contributed by atoms with Crippen LogP contribution in [0.1, 0.15) is 10.4 Å². The van der Waals surface area contributed by atoms with Gasteiger partial charge in [0.1, 0.15) is 11.3 Å². The van der Waals surface area contributed by atoms with E-state index < -0.39 is 10.8 Å². The van der Waals surface area contributed by atoms with Crippen molar-refractivity contribution in [3.05, 3.63) is 56.8 Å². The van der Waals surface area contributed by atoms with Crippen LogP contribution in [0, 0.1) is 10.1 Å². The van der Waals surface area contributed by atoms with Gasteiger partial charge in [0.15, 0.2) is 0 Å². The molecule has 0 aliphatic heterocycles. The first-order chi connectivity index (χ1) is 10.0. The van der Waals surface area contributed by atoms with Crippen LogP contribution < -0.4 is 16.6 Å². The van der Waals surface area contributed by atoms with E-state index in [1.807, 2.05) is 0 Å². The minimum Gasteiger partial charge on any atom is -0.321 e. The lowest BCUT2D eigenvalue weighted by Gasteiger charge is -2.09. The van der Waals surface area contributed by atoms with Crippen molar-refractivity contribution in [3.63, 3.8) is 0 Å². The highest BCUT2D eigenvalue weighted by molar-refractivity contribution is 9.10. The number of amides is 1. The maximum Gasteiger partial charge on any atom is 0.306 e. The van der Waals surface area contributed by atoms with Crippen molar-refractivity contribution >= 4 is 38.9 Å². The number of nitro groups is 1. The minimum atomic E-state index is -0.661. The highest BCUT2D eigenvalue weighted by Gasteiger charge is 2.24. The van der Waals surface area contributed by atoms with Crippen LogP contribution in [0.2, 0.25) is 0 Å². The van der Waals surface area contributed by atoms with Gasteiger partial charge in [0.2, 0.25) is 0 Å². The first kappa shape index (κ1) is 14.9. The van der Waals surface area contributed by atoms with E-state index in [2.05, 4.69) is 31.7 Å². The molecule has 21 heavy (non-hydrogen) atoms. The number of aromatic nitrogens is 1. The Labute approximate surface area is 127 Å². The predicted molar refractivity (Wildman–Crippen MR) is 80.8 cm³/mol. The van der Waals surface area contributed by atoms with E-state index in [1.165, 1.54) is 30.6 Å². The van der Waals surface area contributed by atoms with Crippen molar-refractivity contribution in [1.82, 2.24) is 4.98 Å². The molecule has 4 N–H and O–H groups in total. The van der Waals surface area contributed by atoms with Crippen molar-refractivity contribution in [2.45, 2.75) is 0 Å². The van der Waals surface area contributed by atoms with E-state index in [0.717, 1.165) is 0 Å². The van der Waals surface area contributed by atoms with Crippen LogP contribution in [0.15, 0.2) is 41.1 Å². The summed E-state index contributed by atoms with van der Waals surface area (Å²) < 4.78 is 0.564. The highest BCUT2D eigenvalue weighted by Crippen LogP contribution is 2.29. The van der Waals surface area contributed by atoms with E-state index in [4.69, 9.17) is 5.84 Å². The lowest BCUT2D eigenvalue weighted by atomic mass is 10.1. The van der Waals surface area contributed by atoms with Gasteiger partial charge in [0, 0.05) is 12.4 Å². The van der Waals surface area contributed by atoms with Gasteiger partial charge in [-0.05, 0) is 34.1 Å². The van der Waals surface area contributed by atoms with Crippen molar-refractivity contribution in [2.75, 3.05) is 10.7 Å². The lowest BCUT2D eigenvalue weighted by Crippen LogP contribution is -2.17. The molecule has 1 heterocycles. The van der Waals surface area contributed by atoms with Crippen LogP contribution in [0.4, 0.5) is 17.1 Å². The second kappa shape index (κ2) is 6.29. The zero-order valence-corrected chi connectivity index (χ0v) is 12.1. The summed E-state index contributed by atoms with van der Waals surface area (Å²) in [5, 5.41) is 13.7. The van der Waals surface area contributed by atoms with Crippen LogP contribution in [0.25, 0.3) is 0 Å². The quantitative estimate of drug-likeness (QED) is 0.441. The molecule has 8 nitrogen and oxygen atoms in total. The zero-order valence-electron chi connectivity index (χ0n) is 10.5. The van der Waals surface area contributed by atoms with E-state index in [1.54, 1.807) is 6.07 Å². The first-order valence-corrected chi connectivity index (χ1v) is 6.48.